The Morgan fingerprint density at radius 1 is 1.31 bits per heavy atom. The van der Waals surface area contributed by atoms with Gasteiger partial charge in [-0.25, -0.2) is 4.98 Å². The van der Waals surface area contributed by atoms with Gasteiger partial charge in [0.15, 0.2) is 5.16 Å². The van der Waals surface area contributed by atoms with Crippen molar-refractivity contribution >= 4 is 28.7 Å². The first-order chi connectivity index (χ1) is 14.0. The zero-order valence-corrected chi connectivity index (χ0v) is 18.0. The van der Waals surface area contributed by atoms with Crippen LogP contribution in [0.5, 0.6) is 0 Å². The molecule has 0 bridgehead atoms. The van der Waals surface area contributed by atoms with Crippen molar-refractivity contribution in [2.75, 3.05) is 12.3 Å². The smallest absolute Gasteiger partial charge is 0.278 e. The summed E-state index contributed by atoms with van der Waals surface area (Å²) in [5.41, 5.74) is 3.27. The van der Waals surface area contributed by atoms with Crippen LogP contribution in [0.4, 0.5) is 0 Å². The second-order valence-corrected chi connectivity index (χ2v) is 8.21. The van der Waals surface area contributed by atoms with Crippen LogP contribution in [0, 0.1) is 6.92 Å². The molecule has 0 saturated heterocycles. The second-order valence-electron chi connectivity index (χ2n) is 7.27. The number of carbonyl (C=O) groups is 1. The van der Waals surface area contributed by atoms with Crippen molar-refractivity contribution in [2.24, 2.45) is 0 Å². The average molecular weight is 413 g/mol. The number of aryl methyl sites for hydroxylation is 2. The van der Waals surface area contributed by atoms with Gasteiger partial charge in [0.25, 0.3) is 5.56 Å². The number of nitrogens with zero attached hydrogens (tertiary/aromatic N) is 2. The fourth-order valence-electron chi connectivity index (χ4n) is 3.21. The van der Waals surface area contributed by atoms with Crippen LogP contribution < -0.4 is 10.9 Å². The third-order valence-corrected chi connectivity index (χ3v) is 5.91. The molecule has 0 fully saturated rings. The van der Waals surface area contributed by atoms with Crippen molar-refractivity contribution < 1.29 is 4.79 Å². The predicted octanol–water partition coefficient (Wildman–Crippen LogP) is 3.85. The van der Waals surface area contributed by atoms with Crippen molar-refractivity contribution in [1.29, 1.82) is 0 Å². The topological polar surface area (TPSA) is 79.8 Å². The number of benzene rings is 1. The van der Waals surface area contributed by atoms with E-state index in [2.05, 4.69) is 27.4 Å². The highest BCUT2D eigenvalue weighted by Crippen LogP contribution is 2.22. The van der Waals surface area contributed by atoms with Crippen LogP contribution in [-0.4, -0.2) is 32.7 Å². The highest BCUT2D eigenvalue weighted by molar-refractivity contribution is 7.99. The minimum atomic E-state index is -0.0804. The molecule has 1 unspecified atom stereocenters. The van der Waals surface area contributed by atoms with Crippen molar-refractivity contribution in [2.45, 2.75) is 51.2 Å². The van der Waals surface area contributed by atoms with E-state index in [4.69, 9.17) is 0 Å². The molecule has 0 aliphatic heterocycles. The summed E-state index contributed by atoms with van der Waals surface area (Å²) in [7, 11) is 0. The zero-order valence-electron chi connectivity index (χ0n) is 17.2. The number of rotatable bonds is 9. The van der Waals surface area contributed by atoms with Crippen LogP contribution in [0.2, 0.25) is 0 Å². The van der Waals surface area contributed by atoms with E-state index in [-0.39, 0.29) is 23.3 Å². The van der Waals surface area contributed by atoms with E-state index in [0.717, 1.165) is 25.0 Å². The van der Waals surface area contributed by atoms with E-state index in [9.17, 15) is 9.59 Å². The van der Waals surface area contributed by atoms with E-state index in [1.165, 1.54) is 17.3 Å². The molecule has 0 radical (unpaired) electrons. The second kappa shape index (κ2) is 9.78. The molecular formula is C22H28N4O2S. The normalized spacial score (nSPS) is 12.2. The molecule has 7 heteroatoms. The molecule has 154 valence electrons. The minimum Gasteiger partial charge on any atom is -0.355 e. The number of aromatic amines is 1. The number of carbonyl (C=O) groups excluding carboxylic acids is 1. The summed E-state index contributed by atoms with van der Waals surface area (Å²) in [6.45, 7) is 6.58. The summed E-state index contributed by atoms with van der Waals surface area (Å²) in [6.07, 6.45) is 2.64. The highest BCUT2D eigenvalue weighted by Gasteiger charge is 2.17. The molecule has 0 spiro atoms. The maximum atomic E-state index is 12.9. The molecule has 1 aromatic carbocycles. The molecule has 1 amide bonds. The number of nitrogens with one attached hydrogen (secondary N) is 2. The Morgan fingerprint density at radius 3 is 2.79 bits per heavy atom. The van der Waals surface area contributed by atoms with Crippen LogP contribution >= 0.6 is 11.8 Å². The van der Waals surface area contributed by atoms with Gasteiger partial charge >= 0.3 is 0 Å². The van der Waals surface area contributed by atoms with Gasteiger partial charge in [0.05, 0.1) is 11.3 Å². The monoisotopic (exact) mass is 412 g/mol. The summed E-state index contributed by atoms with van der Waals surface area (Å²) in [4.78, 5) is 33.0. The first-order valence-electron chi connectivity index (χ1n) is 10.0. The molecule has 3 rings (SSSR count). The van der Waals surface area contributed by atoms with Gasteiger partial charge in [0.1, 0.15) is 5.52 Å². The van der Waals surface area contributed by atoms with Gasteiger partial charge in [-0.3, -0.25) is 14.2 Å². The number of amides is 1. The first-order valence-corrected chi connectivity index (χ1v) is 11.0. The summed E-state index contributed by atoms with van der Waals surface area (Å²) >= 11 is 1.32. The molecule has 6 nitrogen and oxygen atoms in total. The van der Waals surface area contributed by atoms with E-state index < -0.39 is 0 Å². The maximum Gasteiger partial charge on any atom is 0.278 e. The molecule has 0 aliphatic carbocycles. The molecular weight excluding hydrogens is 384 g/mol. The fourth-order valence-corrected chi connectivity index (χ4v) is 4.14. The summed E-state index contributed by atoms with van der Waals surface area (Å²) in [5, 5.41) is 3.55. The Labute approximate surface area is 175 Å². The van der Waals surface area contributed by atoms with Gasteiger partial charge in [-0.15, -0.1) is 0 Å². The largest absolute Gasteiger partial charge is 0.355 e. The molecule has 1 atom stereocenters. The molecule has 0 aliphatic rings. The van der Waals surface area contributed by atoms with Crippen molar-refractivity contribution in [1.82, 2.24) is 19.9 Å². The van der Waals surface area contributed by atoms with Crippen LogP contribution in [0.3, 0.4) is 0 Å². The van der Waals surface area contributed by atoms with Gasteiger partial charge < -0.3 is 10.3 Å². The predicted molar refractivity (Wildman–Crippen MR) is 119 cm³/mol. The fraction of sp³-hybridized carbons (Fsp3) is 0.409. The quantitative estimate of drug-likeness (QED) is 0.318. The van der Waals surface area contributed by atoms with E-state index in [0.29, 0.717) is 22.7 Å². The van der Waals surface area contributed by atoms with Crippen molar-refractivity contribution in [3.8, 4) is 0 Å². The maximum absolute atomic E-state index is 12.9. The summed E-state index contributed by atoms with van der Waals surface area (Å²) in [6, 6.07) is 12.1. The number of H-pyrrole nitrogens is 1. The third-order valence-electron chi connectivity index (χ3n) is 4.96. The Bertz CT molecular complexity index is 1030. The van der Waals surface area contributed by atoms with Gasteiger partial charge in [-0.1, -0.05) is 49.0 Å². The number of hydrogen-bond acceptors (Lipinski definition) is 4. The Morgan fingerprint density at radius 2 is 2.07 bits per heavy atom. The van der Waals surface area contributed by atoms with Gasteiger partial charge in [0, 0.05) is 18.3 Å². The SMILES string of the molecule is CCC(C)n1c(SCC(=O)NCCCc2ccccc2)nc2cc(C)[nH]c2c1=O. The molecule has 29 heavy (non-hydrogen) atoms. The van der Waals surface area contributed by atoms with Gasteiger partial charge in [-0.05, 0) is 44.7 Å². The molecule has 3 aromatic rings. The van der Waals surface area contributed by atoms with E-state index >= 15 is 0 Å². The molecule has 2 heterocycles. The third kappa shape index (κ3) is 5.29. The number of hydrogen-bond donors (Lipinski definition) is 2. The number of thioether (sulfide) groups is 1. The lowest BCUT2D eigenvalue weighted by Crippen LogP contribution is -2.29. The van der Waals surface area contributed by atoms with Gasteiger partial charge in [-0.2, -0.15) is 0 Å². The van der Waals surface area contributed by atoms with E-state index in [1.807, 2.05) is 45.0 Å². The molecule has 2 aromatic heterocycles. The standard InChI is InChI=1S/C22H28N4O2S/c1-4-16(3)26-21(28)20-18(13-15(2)24-20)25-22(26)29-14-19(27)23-12-8-11-17-9-6-5-7-10-17/h5-7,9-10,13,16,24H,4,8,11-12,14H2,1-3H3,(H,23,27). The number of fused-ring (bicyclic) bond motifs is 1. The highest BCUT2D eigenvalue weighted by atomic mass is 32.2. The number of aromatic nitrogens is 3. The molecule has 0 saturated carbocycles. The lowest BCUT2D eigenvalue weighted by Gasteiger charge is -2.17. The van der Waals surface area contributed by atoms with Crippen LogP contribution in [0.25, 0.3) is 11.0 Å². The van der Waals surface area contributed by atoms with Crippen molar-refractivity contribution in [3.63, 3.8) is 0 Å². The summed E-state index contributed by atoms with van der Waals surface area (Å²) in [5.74, 6) is 0.196. The molecule has 2 N–H and O–H groups in total. The lowest BCUT2D eigenvalue weighted by molar-refractivity contribution is -0.118. The first kappa shape index (κ1) is 21.2. The Kier molecular flexibility index (Phi) is 7.14. The zero-order chi connectivity index (χ0) is 20.8. The van der Waals surface area contributed by atoms with Crippen LogP contribution in [0.1, 0.15) is 44.0 Å². The Balaban J connectivity index is 1.61. The average Bonchev–Trinajstić information content (AvgIpc) is 3.10. The van der Waals surface area contributed by atoms with Crippen LogP contribution in [0.15, 0.2) is 46.3 Å². The van der Waals surface area contributed by atoms with Crippen molar-refractivity contribution in [3.05, 3.63) is 58.0 Å². The Hall–Kier alpha value is -2.54. The minimum absolute atomic E-state index is 0.0134. The van der Waals surface area contributed by atoms with E-state index in [1.54, 1.807) is 4.57 Å². The summed E-state index contributed by atoms with van der Waals surface area (Å²) < 4.78 is 1.70. The lowest BCUT2D eigenvalue weighted by atomic mass is 10.1. The van der Waals surface area contributed by atoms with Gasteiger partial charge in [0.2, 0.25) is 5.91 Å². The van der Waals surface area contributed by atoms with Crippen LogP contribution in [-0.2, 0) is 11.2 Å².